The first kappa shape index (κ1) is 17.7. The Morgan fingerprint density at radius 3 is 2.85 bits per heavy atom. The minimum absolute atomic E-state index is 0.0796. The van der Waals surface area contributed by atoms with Gasteiger partial charge in [-0.15, -0.1) is 5.10 Å². The van der Waals surface area contributed by atoms with Crippen LogP contribution in [0.5, 0.6) is 11.5 Å². The summed E-state index contributed by atoms with van der Waals surface area (Å²) in [5, 5.41) is 29.5. The molecule has 0 atom stereocenters. The molecule has 26 heavy (non-hydrogen) atoms. The molecular formula is C16H19N5O5. The van der Waals surface area contributed by atoms with Crippen LogP contribution in [0.3, 0.4) is 0 Å². The summed E-state index contributed by atoms with van der Waals surface area (Å²) in [7, 11) is 1.79. The Balaban J connectivity index is 1.56. The highest BCUT2D eigenvalue weighted by atomic mass is 16.5. The zero-order valence-electron chi connectivity index (χ0n) is 14.1. The van der Waals surface area contributed by atoms with E-state index in [1.54, 1.807) is 18.1 Å². The van der Waals surface area contributed by atoms with E-state index in [2.05, 4.69) is 15.6 Å². The molecule has 0 unspecified atom stereocenters. The molecule has 0 saturated carbocycles. The number of aromatic nitrogens is 3. The first-order valence-corrected chi connectivity index (χ1v) is 8.01. The van der Waals surface area contributed by atoms with Gasteiger partial charge in [0.15, 0.2) is 0 Å². The number of amides is 1. The fourth-order valence-corrected chi connectivity index (χ4v) is 2.69. The molecule has 3 N–H and O–H groups in total. The lowest BCUT2D eigenvalue weighted by Gasteiger charge is -2.39. The van der Waals surface area contributed by atoms with Crippen LogP contribution in [-0.4, -0.2) is 68.2 Å². The summed E-state index contributed by atoms with van der Waals surface area (Å²) in [6.07, 6.45) is 1.27. The topological polar surface area (TPSA) is 130 Å². The lowest BCUT2D eigenvalue weighted by molar-refractivity contribution is -0.140. The van der Waals surface area contributed by atoms with E-state index in [-0.39, 0.29) is 35.6 Å². The highest BCUT2D eigenvalue weighted by molar-refractivity contribution is 5.94. The zero-order valence-corrected chi connectivity index (χ0v) is 14.1. The Hall–Kier alpha value is -3.14. The van der Waals surface area contributed by atoms with Gasteiger partial charge in [-0.3, -0.25) is 4.79 Å². The number of carboxylic acids is 1. The van der Waals surface area contributed by atoms with Gasteiger partial charge in [0, 0.05) is 6.54 Å². The van der Waals surface area contributed by atoms with Crippen LogP contribution in [0.4, 0.5) is 0 Å². The molecule has 1 aliphatic heterocycles. The van der Waals surface area contributed by atoms with E-state index in [0.29, 0.717) is 19.6 Å². The van der Waals surface area contributed by atoms with Crippen LogP contribution in [0.25, 0.3) is 0 Å². The summed E-state index contributed by atoms with van der Waals surface area (Å²) in [6.45, 7) is 1.31. The lowest BCUT2D eigenvalue weighted by atomic mass is 10.1. The van der Waals surface area contributed by atoms with Gasteiger partial charge in [0.05, 0.1) is 25.0 Å². The van der Waals surface area contributed by atoms with Crippen molar-refractivity contribution in [3.8, 4) is 11.5 Å². The SMILES string of the molecule is CNCc1cnnn1CC(=O)N1CC(Oc2cccc(O)c2C(=O)O)C1. The molecule has 1 aromatic carbocycles. The highest BCUT2D eigenvalue weighted by Crippen LogP contribution is 2.29. The molecule has 1 amide bonds. The summed E-state index contributed by atoms with van der Waals surface area (Å²) in [5.74, 6) is -1.66. The predicted octanol–water partition coefficient (Wildman–Crippen LogP) is -0.309. The van der Waals surface area contributed by atoms with Crippen LogP contribution in [0, 0.1) is 0 Å². The van der Waals surface area contributed by atoms with Gasteiger partial charge in [0.25, 0.3) is 0 Å². The maximum absolute atomic E-state index is 12.3. The van der Waals surface area contributed by atoms with Gasteiger partial charge < -0.3 is 25.2 Å². The Kier molecular flexibility index (Phi) is 5.03. The molecule has 3 rings (SSSR count). The monoisotopic (exact) mass is 361 g/mol. The number of aromatic carboxylic acids is 1. The zero-order chi connectivity index (χ0) is 18.7. The number of phenols is 1. The van der Waals surface area contributed by atoms with E-state index in [9.17, 15) is 19.8 Å². The minimum atomic E-state index is -1.27. The second-order valence-corrected chi connectivity index (χ2v) is 5.91. The Morgan fingerprint density at radius 1 is 1.38 bits per heavy atom. The molecule has 10 nitrogen and oxygen atoms in total. The third kappa shape index (κ3) is 3.59. The molecule has 2 aromatic rings. The normalized spacial score (nSPS) is 14.1. The standard InChI is InChI=1S/C16H19N5O5/c1-17-5-10-6-18-19-21(10)9-14(23)20-7-11(8-20)26-13-4-2-3-12(22)15(13)16(24)25/h2-4,6,11,17,22H,5,7-9H2,1H3,(H,24,25). The van der Waals surface area contributed by atoms with Crippen LogP contribution in [0.15, 0.2) is 24.4 Å². The van der Waals surface area contributed by atoms with Crippen LogP contribution in [0.1, 0.15) is 16.1 Å². The molecule has 138 valence electrons. The molecule has 1 aliphatic rings. The molecule has 1 saturated heterocycles. The predicted molar refractivity (Wildman–Crippen MR) is 88.8 cm³/mol. The van der Waals surface area contributed by atoms with Crippen LogP contribution >= 0.6 is 0 Å². The Morgan fingerprint density at radius 2 is 2.15 bits per heavy atom. The molecule has 0 spiro atoms. The van der Waals surface area contributed by atoms with Gasteiger partial charge in [-0.05, 0) is 19.2 Å². The fourth-order valence-electron chi connectivity index (χ4n) is 2.69. The Bertz CT molecular complexity index is 815. The van der Waals surface area contributed by atoms with Crippen molar-refractivity contribution in [2.75, 3.05) is 20.1 Å². The van der Waals surface area contributed by atoms with E-state index in [1.165, 1.54) is 22.9 Å². The van der Waals surface area contributed by atoms with Gasteiger partial charge in [0.1, 0.15) is 29.7 Å². The van der Waals surface area contributed by atoms with Crippen LogP contribution < -0.4 is 10.1 Å². The molecule has 0 radical (unpaired) electrons. The number of hydrogen-bond donors (Lipinski definition) is 3. The number of hydrogen-bond acceptors (Lipinski definition) is 7. The Labute approximate surface area is 149 Å². The number of nitrogens with one attached hydrogen (secondary N) is 1. The van der Waals surface area contributed by atoms with Gasteiger partial charge >= 0.3 is 5.97 Å². The summed E-state index contributed by atoms with van der Waals surface area (Å²) in [5.41, 5.74) is 0.525. The number of benzene rings is 1. The van der Waals surface area contributed by atoms with Crippen molar-refractivity contribution in [3.05, 3.63) is 35.7 Å². The number of rotatable bonds is 7. The van der Waals surface area contributed by atoms with E-state index < -0.39 is 5.97 Å². The average Bonchev–Trinajstić information content (AvgIpc) is 2.97. The molecule has 0 aliphatic carbocycles. The van der Waals surface area contributed by atoms with Crippen molar-refractivity contribution in [1.82, 2.24) is 25.2 Å². The maximum Gasteiger partial charge on any atom is 0.343 e. The second-order valence-electron chi connectivity index (χ2n) is 5.91. The van der Waals surface area contributed by atoms with Gasteiger partial charge in [-0.25, -0.2) is 9.48 Å². The van der Waals surface area contributed by atoms with Gasteiger partial charge in [-0.1, -0.05) is 11.3 Å². The number of carboxylic acid groups (broad SMARTS) is 1. The molecule has 2 heterocycles. The van der Waals surface area contributed by atoms with E-state index in [4.69, 9.17) is 4.74 Å². The second kappa shape index (κ2) is 7.40. The van der Waals surface area contributed by atoms with Crippen LogP contribution in [-0.2, 0) is 17.9 Å². The van der Waals surface area contributed by atoms with E-state index in [1.807, 2.05) is 0 Å². The minimum Gasteiger partial charge on any atom is -0.507 e. The molecule has 0 bridgehead atoms. The highest BCUT2D eigenvalue weighted by Gasteiger charge is 2.33. The van der Waals surface area contributed by atoms with Crippen molar-refractivity contribution < 1.29 is 24.5 Å². The molecule has 1 aromatic heterocycles. The first-order chi connectivity index (χ1) is 12.5. The number of carbonyl (C=O) groups is 2. The van der Waals surface area contributed by atoms with Crippen molar-refractivity contribution in [2.24, 2.45) is 0 Å². The maximum atomic E-state index is 12.3. The summed E-state index contributed by atoms with van der Waals surface area (Å²) in [4.78, 5) is 25.1. The van der Waals surface area contributed by atoms with E-state index >= 15 is 0 Å². The number of carbonyl (C=O) groups excluding carboxylic acids is 1. The quantitative estimate of drug-likeness (QED) is 0.612. The third-order valence-corrected chi connectivity index (χ3v) is 4.05. The smallest absolute Gasteiger partial charge is 0.343 e. The molecule has 10 heteroatoms. The van der Waals surface area contributed by atoms with Gasteiger partial charge in [-0.2, -0.15) is 0 Å². The molecular weight excluding hydrogens is 342 g/mol. The summed E-state index contributed by atoms with van der Waals surface area (Å²) in [6, 6.07) is 4.27. The molecule has 1 fully saturated rings. The van der Waals surface area contributed by atoms with Crippen molar-refractivity contribution in [2.45, 2.75) is 19.2 Å². The lowest BCUT2D eigenvalue weighted by Crippen LogP contribution is -2.57. The summed E-state index contributed by atoms with van der Waals surface area (Å²) < 4.78 is 7.15. The fraction of sp³-hybridized carbons (Fsp3) is 0.375. The van der Waals surface area contributed by atoms with Crippen molar-refractivity contribution in [1.29, 1.82) is 0 Å². The summed E-state index contributed by atoms with van der Waals surface area (Å²) >= 11 is 0. The van der Waals surface area contributed by atoms with Crippen molar-refractivity contribution >= 4 is 11.9 Å². The largest absolute Gasteiger partial charge is 0.507 e. The first-order valence-electron chi connectivity index (χ1n) is 8.01. The number of aromatic hydroxyl groups is 1. The number of likely N-dealkylation sites (tertiary alicyclic amines) is 1. The van der Waals surface area contributed by atoms with E-state index in [0.717, 1.165) is 5.69 Å². The average molecular weight is 361 g/mol. The van der Waals surface area contributed by atoms with Gasteiger partial charge in [0.2, 0.25) is 5.91 Å². The number of nitrogens with zero attached hydrogens (tertiary/aromatic N) is 4. The van der Waals surface area contributed by atoms with Crippen LogP contribution in [0.2, 0.25) is 0 Å². The number of ether oxygens (including phenoxy) is 1. The third-order valence-electron chi connectivity index (χ3n) is 4.05. The van der Waals surface area contributed by atoms with Crippen molar-refractivity contribution in [3.63, 3.8) is 0 Å².